The van der Waals surface area contributed by atoms with E-state index in [1.54, 1.807) is 24.5 Å². The van der Waals surface area contributed by atoms with Crippen LogP contribution in [0.15, 0.2) is 53.9 Å². The van der Waals surface area contributed by atoms with Crippen LogP contribution in [0.4, 0.5) is 0 Å². The van der Waals surface area contributed by atoms with Gasteiger partial charge >= 0.3 is 0 Å². The molecule has 7 heteroatoms. The highest BCUT2D eigenvalue weighted by Gasteiger charge is 2.07. The number of carbonyl (C=O) groups is 2. The maximum atomic E-state index is 11.8. The van der Waals surface area contributed by atoms with E-state index in [1.807, 2.05) is 0 Å². The normalized spacial score (nSPS) is 10.3. The van der Waals surface area contributed by atoms with E-state index < -0.39 is 11.8 Å². The summed E-state index contributed by atoms with van der Waals surface area (Å²) in [6.07, 6.45) is 4.72. The molecule has 1 aromatic heterocycles. The van der Waals surface area contributed by atoms with Crippen molar-refractivity contribution in [1.82, 2.24) is 15.9 Å². The van der Waals surface area contributed by atoms with Crippen LogP contribution in [0.2, 0.25) is 0 Å². The van der Waals surface area contributed by atoms with Gasteiger partial charge in [-0.05, 0) is 30.3 Å². The molecule has 3 N–H and O–H groups in total. The van der Waals surface area contributed by atoms with Crippen LogP contribution in [0.3, 0.4) is 0 Å². The molecular weight excluding hydrogens is 272 g/mol. The van der Waals surface area contributed by atoms with Crippen molar-refractivity contribution in [2.24, 2.45) is 5.10 Å². The molecule has 1 aromatic carbocycles. The number of pyridine rings is 1. The van der Waals surface area contributed by atoms with E-state index in [0.29, 0.717) is 5.56 Å². The molecule has 106 valence electrons. The van der Waals surface area contributed by atoms with Gasteiger partial charge in [-0.15, -0.1) is 0 Å². The fourth-order valence-electron chi connectivity index (χ4n) is 1.52. The van der Waals surface area contributed by atoms with E-state index >= 15 is 0 Å². The van der Waals surface area contributed by atoms with Gasteiger partial charge in [-0.25, -0.2) is 10.9 Å². The standard InChI is InChI=1S/C14H12N4O3/c19-13(17-16-9-10-2-1-7-15-8-10)11-3-5-12(6-4-11)14(20)18-21/h1-9,21H,(H,17,19)(H,18,20)/b16-9+. The Balaban J connectivity index is 1.97. The van der Waals surface area contributed by atoms with Crippen molar-refractivity contribution in [1.29, 1.82) is 0 Å². The summed E-state index contributed by atoms with van der Waals surface area (Å²) in [5.41, 5.74) is 5.22. The molecule has 0 bridgehead atoms. The summed E-state index contributed by atoms with van der Waals surface area (Å²) in [6, 6.07) is 9.31. The number of nitrogens with one attached hydrogen (secondary N) is 2. The predicted octanol–water partition coefficient (Wildman–Crippen LogP) is 0.965. The van der Waals surface area contributed by atoms with Gasteiger partial charge in [-0.1, -0.05) is 6.07 Å². The number of hydroxylamine groups is 1. The number of carbonyl (C=O) groups excluding carboxylic acids is 2. The Bertz CT molecular complexity index is 654. The maximum absolute atomic E-state index is 11.8. The van der Waals surface area contributed by atoms with E-state index in [-0.39, 0.29) is 5.56 Å². The lowest BCUT2D eigenvalue weighted by Gasteiger charge is -2.02. The zero-order chi connectivity index (χ0) is 15.1. The summed E-state index contributed by atoms with van der Waals surface area (Å²) in [5.74, 6) is -1.05. The monoisotopic (exact) mass is 284 g/mol. The van der Waals surface area contributed by atoms with Crippen molar-refractivity contribution in [2.75, 3.05) is 0 Å². The minimum absolute atomic E-state index is 0.243. The number of rotatable bonds is 4. The molecule has 2 aromatic rings. The molecule has 0 atom stereocenters. The molecule has 7 nitrogen and oxygen atoms in total. The molecule has 0 aliphatic rings. The van der Waals surface area contributed by atoms with Gasteiger partial charge in [0.15, 0.2) is 0 Å². The second-order valence-electron chi connectivity index (χ2n) is 4.00. The average molecular weight is 284 g/mol. The molecule has 0 fully saturated rings. The maximum Gasteiger partial charge on any atom is 0.274 e. The van der Waals surface area contributed by atoms with Gasteiger partial charge in [0.1, 0.15) is 0 Å². The first-order chi connectivity index (χ1) is 10.2. The Morgan fingerprint density at radius 3 is 2.33 bits per heavy atom. The van der Waals surface area contributed by atoms with Gasteiger partial charge in [-0.2, -0.15) is 5.10 Å². The van der Waals surface area contributed by atoms with Crippen molar-refractivity contribution in [3.63, 3.8) is 0 Å². The third-order valence-electron chi connectivity index (χ3n) is 2.57. The van der Waals surface area contributed by atoms with Gasteiger partial charge in [0.25, 0.3) is 11.8 Å². The fourth-order valence-corrected chi connectivity index (χ4v) is 1.52. The number of nitrogens with zero attached hydrogens (tertiary/aromatic N) is 2. The molecule has 21 heavy (non-hydrogen) atoms. The topological polar surface area (TPSA) is 104 Å². The van der Waals surface area contributed by atoms with E-state index in [1.165, 1.54) is 36.0 Å². The summed E-state index contributed by atoms with van der Waals surface area (Å²) in [7, 11) is 0. The zero-order valence-electron chi connectivity index (χ0n) is 10.9. The van der Waals surface area contributed by atoms with Crippen LogP contribution in [0.5, 0.6) is 0 Å². The first-order valence-corrected chi connectivity index (χ1v) is 5.98. The van der Waals surface area contributed by atoms with Crippen molar-refractivity contribution < 1.29 is 14.8 Å². The smallest absolute Gasteiger partial charge is 0.274 e. The summed E-state index contributed by atoms with van der Waals surface area (Å²) in [6.45, 7) is 0. The fraction of sp³-hybridized carbons (Fsp3) is 0. The van der Waals surface area contributed by atoms with Gasteiger partial charge in [0.05, 0.1) is 6.21 Å². The molecule has 0 aliphatic carbocycles. The molecule has 2 amide bonds. The van der Waals surface area contributed by atoms with E-state index in [4.69, 9.17) is 5.21 Å². The second-order valence-corrected chi connectivity index (χ2v) is 4.00. The van der Waals surface area contributed by atoms with Crippen molar-refractivity contribution in [3.05, 3.63) is 65.5 Å². The van der Waals surface area contributed by atoms with Gasteiger partial charge in [-0.3, -0.25) is 19.8 Å². The second kappa shape index (κ2) is 6.92. The van der Waals surface area contributed by atoms with Crippen molar-refractivity contribution in [3.8, 4) is 0 Å². The number of aromatic nitrogens is 1. The Morgan fingerprint density at radius 2 is 1.76 bits per heavy atom. The predicted molar refractivity (Wildman–Crippen MR) is 75.0 cm³/mol. The van der Waals surface area contributed by atoms with Crippen LogP contribution in [0.1, 0.15) is 26.3 Å². The number of amides is 2. The number of hydrogen-bond donors (Lipinski definition) is 3. The van der Waals surface area contributed by atoms with Crippen molar-refractivity contribution in [2.45, 2.75) is 0 Å². The molecule has 2 rings (SSSR count). The number of benzene rings is 1. The van der Waals surface area contributed by atoms with Crippen LogP contribution in [-0.4, -0.2) is 28.2 Å². The average Bonchev–Trinajstić information content (AvgIpc) is 2.55. The summed E-state index contributed by atoms with van der Waals surface area (Å²) in [4.78, 5) is 26.8. The minimum Gasteiger partial charge on any atom is -0.288 e. The molecule has 0 saturated heterocycles. The van der Waals surface area contributed by atoms with E-state index in [9.17, 15) is 9.59 Å². The lowest BCUT2D eigenvalue weighted by Crippen LogP contribution is -2.20. The first-order valence-electron chi connectivity index (χ1n) is 5.98. The molecular formula is C14H12N4O3. The van der Waals surface area contributed by atoms with Crippen LogP contribution < -0.4 is 10.9 Å². The number of hydrazone groups is 1. The molecule has 0 radical (unpaired) electrons. The largest absolute Gasteiger partial charge is 0.288 e. The first kappa shape index (κ1) is 14.4. The third-order valence-corrected chi connectivity index (χ3v) is 2.57. The highest BCUT2D eigenvalue weighted by atomic mass is 16.5. The van der Waals surface area contributed by atoms with Crippen molar-refractivity contribution >= 4 is 18.0 Å². The molecule has 0 saturated carbocycles. The Hall–Kier alpha value is -3.06. The minimum atomic E-state index is -0.642. The lowest BCUT2D eigenvalue weighted by atomic mass is 10.1. The third kappa shape index (κ3) is 3.95. The summed E-state index contributed by atoms with van der Waals surface area (Å²) < 4.78 is 0. The summed E-state index contributed by atoms with van der Waals surface area (Å²) in [5, 5.41) is 12.3. The quantitative estimate of drug-likeness (QED) is 0.442. The highest BCUT2D eigenvalue weighted by molar-refractivity contribution is 5.97. The van der Waals surface area contributed by atoms with Crippen LogP contribution in [-0.2, 0) is 0 Å². The van der Waals surface area contributed by atoms with E-state index in [0.717, 1.165) is 5.56 Å². The van der Waals surface area contributed by atoms with Crippen LogP contribution in [0, 0.1) is 0 Å². The van der Waals surface area contributed by atoms with Gasteiger partial charge < -0.3 is 0 Å². The van der Waals surface area contributed by atoms with Crippen LogP contribution >= 0.6 is 0 Å². The zero-order valence-corrected chi connectivity index (χ0v) is 10.9. The van der Waals surface area contributed by atoms with Gasteiger partial charge in [0, 0.05) is 29.1 Å². The molecule has 0 unspecified atom stereocenters. The molecule has 1 heterocycles. The Labute approximate surface area is 120 Å². The lowest BCUT2D eigenvalue weighted by molar-refractivity contribution is 0.0706. The Kier molecular flexibility index (Phi) is 4.73. The van der Waals surface area contributed by atoms with E-state index in [2.05, 4.69) is 15.5 Å². The number of hydrogen-bond acceptors (Lipinski definition) is 5. The molecule has 0 aliphatic heterocycles. The Morgan fingerprint density at radius 1 is 1.10 bits per heavy atom. The van der Waals surface area contributed by atoms with Crippen LogP contribution in [0.25, 0.3) is 0 Å². The molecule has 0 spiro atoms. The van der Waals surface area contributed by atoms with Gasteiger partial charge in [0.2, 0.25) is 0 Å². The SMILES string of the molecule is O=C(NO)c1ccc(C(=O)N/N=C/c2cccnc2)cc1. The highest BCUT2D eigenvalue weighted by Crippen LogP contribution is 2.04. The summed E-state index contributed by atoms with van der Waals surface area (Å²) >= 11 is 0.